The van der Waals surface area contributed by atoms with Gasteiger partial charge >= 0.3 is 0 Å². The SMILES string of the molecule is CC(C)OC(C)OCCOc1ccccc1. The third-order valence-electron chi connectivity index (χ3n) is 1.91. The molecule has 0 aliphatic heterocycles. The first-order valence-electron chi connectivity index (χ1n) is 5.63. The summed E-state index contributed by atoms with van der Waals surface area (Å²) < 4.78 is 16.3. The molecule has 0 aromatic heterocycles. The van der Waals surface area contributed by atoms with Gasteiger partial charge in [-0.25, -0.2) is 0 Å². The Hall–Kier alpha value is -1.06. The Kier molecular flexibility index (Phi) is 5.90. The van der Waals surface area contributed by atoms with Crippen molar-refractivity contribution in [2.24, 2.45) is 0 Å². The van der Waals surface area contributed by atoms with E-state index in [0.717, 1.165) is 5.75 Å². The molecular formula is C13H20O3. The quantitative estimate of drug-likeness (QED) is 0.526. The van der Waals surface area contributed by atoms with Gasteiger partial charge in [-0.2, -0.15) is 0 Å². The average molecular weight is 224 g/mol. The zero-order chi connectivity index (χ0) is 11.8. The van der Waals surface area contributed by atoms with E-state index in [-0.39, 0.29) is 12.4 Å². The number of rotatable bonds is 7. The number of benzene rings is 1. The van der Waals surface area contributed by atoms with Gasteiger partial charge in [-0.15, -0.1) is 0 Å². The summed E-state index contributed by atoms with van der Waals surface area (Å²) in [7, 11) is 0. The van der Waals surface area contributed by atoms with Crippen molar-refractivity contribution in [2.75, 3.05) is 13.2 Å². The Morgan fingerprint density at radius 2 is 1.69 bits per heavy atom. The van der Waals surface area contributed by atoms with Crippen molar-refractivity contribution in [3.8, 4) is 5.75 Å². The van der Waals surface area contributed by atoms with Crippen molar-refractivity contribution in [3.63, 3.8) is 0 Å². The van der Waals surface area contributed by atoms with Gasteiger partial charge in [-0.05, 0) is 32.9 Å². The summed E-state index contributed by atoms with van der Waals surface area (Å²) in [6.45, 7) is 6.93. The molecule has 0 fully saturated rings. The molecule has 1 rings (SSSR count). The maximum absolute atomic E-state index is 5.48. The lowest BCUT2D eigenvalue weighted by Gasteiger charge is -2.16. The van der Waals surface area contributed by atoms with Crippen LogP contribution in [0, 0.1) is 0 Å². The summed E-state index contributed by atoms with van der Waals surface area (Å²) in [5, 5.41) is 0. The highest BCUT2D eigenvalue weighted by Gasteiger charge is 2.04. The molecule has 0 saturated heterocycles. The summed E-state index contributed by atoms with van der Waals surface area (Å²) >= 11 is 0. The lowest BCUT2D eigenvalue weighted by Crippen LogP contribution is -2.20. The third kappa shape index (κ3) is 5.73. The van der Waals surface area contributed by atoms with Gasteiger partial charge in [0.2, 0.25) is 0 Å². The summed E-state index contributed by atoms with van der Waals surface area (Å²) in [6.07, 6.45) is 0.00409. The van der Waals surface area contributed by atoms with Crippen LogP contribution in [0.25, 0.3) is 0 Å². The zero-order valence-electron chi connectivity index (χ0n) is 10.2. The van der Waals surface area contributed by atoms with Gasteiger partial charge in [0, 0.05) is 0 Å². The predicted octanol–water partition coefficient (Wildman–Crippen LogP) is 2.85. The maximum Gasteiger partial charge on any atom is 0.155 e. The Bertz CT molecular complexity index is 272. The fourth-order valence-corrected chi connectivity index (χ4v) is 1.31. The van der Waals surface area contributed by atoms with Crippen LogP contribution in [0.3, 0.4) is 0 Å². The van der Waals surface area contributed by atoms with Crippen LogP contribution < -0.4 is 4.74 Å². The zero-order valence-corrected chi connectivity index (χ0v) is 10.2. The molecule has 1 aromatic rings. The minimum atomic E-state index is -0.181. The minimum absolute atomic E-state index is 0.181. The predicted molar refractivity (Wildman–Crippen MR) is 63.6 cm³/mol. The van der Waals surface area contributed by atoms with E-state index < -0.39 is 0 Å². The van der Waals surface area contributed by atoms with Crippen molar-refractivity contribution in [1.29, 1.82) is 0 Å². The van der Waals surface area contributed by atoms with Crippen LogP contribution >= 0.6 is 0 Å². The van der Waals surface area contributed by atoms with E-state index in [1.54, 1.807) is 0 Å². The third-order valence-corrected chi connectivity index (χ3v) is 1.91. The van der Waals surface area contributed by atoms with E-state index in [9.17, 15) is 0 Å². The van der Waals surface area contributed by atoms with Gasteiger partial charge in [0.05, 0.1) is 12.7 Å². The molecule has 0 radical (unpaired) electrons. The Balaban J connectivity index is 2.08. The van der Waals surface area contributed by atoms with E-state index in [1.165, 1.54) is 0 Å². The molecule has 1 unspecified atom stereocenters. The fourth-order valence-electron chi connectivity index (χ4n) is 1.31. The highest BCUT2D eigenvalue weighted by Crippen LogP contribution is 2.08. The van der Waals surface area contributed by atoms with Crippen LogP contribution in [0.4, 0.5) is 0 Å². The molecule has 0 bridgehead atoms. The number of ether oxygens (including phenoxy) is 3. The molecule has 0 spiro atoms. The largest absolute Gasteiger partial charge is 0.491 e. The standard InChI is InChI=1S/C13H20O3/c1-11(2)16-12(3)14-9-10-15-13-7-5-4-6-8-13/h4-8,11-12H,9-10H2,1-3H3. The maximum atomic E-state index is 5.48. The second kappa shape index (κ2) is 7.25. The summed E-state index contributed by atoms with van der Waals surface area (Å²) in [5.74, 6) is 0.864. The van der Waals surface area contributed by atoms with Gasteiger partial charge in [-0.1, -0.05) is 18.2 Å². The second-order valence-electron chi connectivity index (χ2n) is 3.78. The molecule has 0 N–H and O–H groups in total. The topological polar surface area (TPSA) is 27.7 Å². The van der Waals surface area contributed by atoms with Crippen molar-refractivity contribution in [2.45, 2.75) is 33.2 Å². The molecule has 16 heavy (non-hydrogen) atoms. The van der Waals surface area contributed by atoms with Gasteiger partial charge in [0.25, 0.3) is 0 Å². The summed E-state index contributed by atoms with van der Waals surface area (Å²) in [5.41, 5.74) is 0. The molecule has 0 aliphatic rings. The van der Waals surface area contributed by atoms with Gasteiger partial charge < -0.3 is 14.2 Å². The Labute approximate surface area is 97.3 Å². The second-order valence-corrected chi connectivity index (χ2v) is 3.78. The molecule has 0 saturated carbocycles. The molecule has 0 heterocycles. The monoisotopic (exact) mass is 224 g/mol. The number of para-hydroxylation sites is 1. The highest BCUT2D eigenvalue weighted by atomic mass is 16.7. The van der Waals surface area contributed by atoms with E-state index >= 15 is 0 Å². The molecular weight excluding hydrogens is 204 g/mol. The summed E-state index contributed by atoms with van der Waals surface area (Å²) in [6, 6.07) is 9.70. The minimum Gasteiger partial charge on any atom is -0.491 e. The molecule has 3 heteroatoms. The average Bonchev–Trinajstić information content (AvgIpc) is 2.25. The van der Waals surface area contributed by atoms with Gasteiger partial charge in [0.1, 0.15) is 12.4 Å². The normalized spacial score (nSPS) is 12.8. The van der Waals surface area contributed by atoms with Crippen LogP contribution in [-0.4, -0.2) is 25.6 Å². The van der Waals surface area contributed by atoms with Crippen molar-refractivity contribution < 1.29 is 14.2 Å². The first-order valence-corrected chi connectivity index (χ1v) is 5.63. The lowest BCUT2D eigenvalue weighted by atomic mass is 10.3. The highest BCUT2D eigenvalue weighted by molar-refractivity contribution is 5.20. The Morgan fingerprint density at radius 3 is 2.31 bits per heavy atom. The van der Waals surface area contributed by atoms with Crippen LogP contribution in [-0.2, 0) is 9.47 Å². The molecule has 0 aliphatic carbocycles. The number of hydrogen-bond acceptors (Lipinski definition) is 3. The van der Waals surface area contributed by atoms with Crippen LogP contribution in [0.5, 0.6) is 5.75 Å². The van der Waals surface area contributed by atoms with Gasteiger partial charge in [0.15, 0.2) is 6.29 Å². The lowest BCUT2D eigenvalue weighted by molar-refractivity contribution is -0.154. The first kappa shape index (κ1) is 13.0. The van der Waals surface area contributed by atoms with Crippen LogP contribution in [0.1, 0.15) is 20.8 Å². The molecule has 1 atom stereocenters. The molecule has 90 valence electrons. The first-order chi connectivity index (χ1) is 7.68. The summed E-state index contributed by atoms with van der Waals surface area (Å²) in [4.78, 5) is 0. The fraction of sp³-hybridized carbons (Fsp3) is 0.538. The van der Waals surface area contributed by atoms with Crippen molar-refractivity contribution >= 4 is 0 Å². The number of hydrogen-bond donors (Lipinski definition) is 0. The van der Waals surface area contributed by atoms with E-state index in [4.69, 9.17) is 14.2 Å². The van der Waals surface area contributed by atoms with Crippen LogP contribution in [0.2, 0.25) is 0 Å². The van der Waals surface area contributed by atoms with E-state index in [1.807, 2.05) is 51.1 Å². The van der Waals surface area contributed by atoms with Crippen molar-refractivity contribution in [1.82, 2.24) is 0 Å². The molecule has 0 amide bonds. The van der Waals surface area contributed by atoms with Gasteiger partial charge in [-0.3, -0.25) is 0 Å². The molecule has 1 aromatic carbocycles. The van der Waals surface area contributed by atoms with E-state index in [0.29, 0.717) is 13.2 Å². The smallest absolute Gasteiger partial charge is 0.155 e. The molecule has 3 nitrogen and oxygen atoms in total. The van der Waals surface area contributed by atoms with Crippen LogP contribution in [0.15, 0.2) is 30.3 Å². The Morgan fingerprint density at radius 1 is 1.00 bits per heavy atom. The van der Waals surface area contributed by atoms with E-state index in [2.05, 4.69) is 0 Å². The van der Waals surface area contributed by atoms with Crippen molar-refractivity contribution in [3.05, 3.63) is 30.3 Å².